The normalized spacial score (nSPS) is 19.1. The third kappa shape index (κ3) is 4.32. The van der Waals surface area contributed by atoms with Crippen molar-refractivity contribution >= 4 is 22.6 Å². The van der Waals surface area contributed by atoms with Crippen LogP contribution in [0.4, 0.5) is 10.1 Å². The van der Waals surface area contributed by atoms with Crippen LogP contribution in [0.1, 0.15) is 47.3 Å². The van der Waals surface area contributed by atoms with Gasteiger partial charge in [0.05, 0.1) is 22.9 Å². The van der Waals surface area contributed by atoms with Gasteiger partial charge in [-0.05, 0) is 43.4 Å². The van der Waals surface area contributed by atoms with Crippen LogP contribution in [0.15, 0.2) is 35.4 Å². The zero-order valence-electron chi connectivity index (χ0n) is 18.8. The molecular formula is C24H27FN6O2. The van der Waals surface area contributed by atoms with Crippen LogP contribution in [0.25, 0.3) is 11.0 Å². The molecule has 33 heavy (non-hydrogen) atoms. The van der Waals surface area contributed by atoms with E-state index in [0.29, 0.717) is 18.2 Å². The van der Waals surface area contributed by atoms with Gasteiger partial charge in [-0.25, -0.2) is 9.37 Å². The van der Waals surface area contributed by atoms with Crippen LogP contribution in [-0.4, -0.2) is 58.5 Å². The van der Waals surface area contributed by atoms with E-state index in [1.807, 2.05) is 18.3 Å². The average Bonchev–Trinajstić information content (AvgIpc) is 3.63. The highest BCUT2D eigenvalue weighted by atomic mass is 19.1. The number of aromatic nitrogens is 3. The Morgan fingerprint density at radius 2 is 2.03 bits per heavy atom. The minimum atomic E-state index is -0.623. The number of rotatable bonds is 5. The molecule has 1 aliphatic carbocycles. The van der Waals surface area contributed by atoms with Gasteiger partial charge in [-0.15, -0.1) is 0 Å². The second-order valence-corrected chi connectivity index (χ2v) is 8.99. The van der Waals surface area contributed by atoms with E-state index >= 15 is 0 Å². The van der Waals surface area contributed by atoms with Gasteiger partial charge < -0.3 is 15.2 Å². The molecule has 1 saturated carbocycles. The molecule has 8 nitrogen and oxygen atoms in total. The zero-order chi connectivity index (χ0) is 23.1. The summed E-state index contributed by atoms with van der Waals surface area (Å²) in [5.74, 6) is -0.769. The molecule has 1 amide bonds. The van der Waals surface area contributed by atoms with Gasteiger partial charge >= 0.3 is 0 Å². The number of amides is 1. The van der Waals surface area contributed by atoms with E-state index in [1.54, 1.807) is 6.20 Å². The number of aromatic amines is 1. The molecule has 172 valence electrons. The van der Waals surface area contributed by atoms with E-state index in [4.69, 9.17) is 0 Å². The predicted molar refractivity (Wildman–Crippen MR) is 124 cm³/mol. The van der Waals surface area contributed by atoms with Crippen LogP contribution < -0.4 is 15.8 Å². The first kappa shape index (κ1) is 21.5. The number of hydrogen-bond donors (Lipinski definition) is 2. The Kier molecular flexibility index (Phi) is 5.57. The lowest BCUT2D eigenvalue weighted by molar-refractivity contribution is 0.0953. The van der Waals surface area contributed by atoms with Crippen LogP contribution in [0.5, 0.6) is 0 Å². The number of pyridine rings is 3. The van der Waals surface area contributed by atoms with E-state index in [2.05, 4.69) is 37.0 Å². The van der Waals surface area contributed by atoms with Crippen molar-refractivity contribution in [2.24, 2.45) is 0 Å². The molecule has 0 aromatic carbocycles. The summed E-state index contributed by atoms with van der Waals surface area (Å²) in [6, 6.07) is 5.45. The van der Waals surface area contributed by atoms with E-state index < -0.39 is 11.7 Å². The smallest absolute Gasteiger partial charge is 0.272 e. The van der Waals surface area contributed by atoms with Crippen molar-refractivity contribution in [1.82, 2.24) is 25.2 Å². The number of anilines is 1. The third-order valence-corrected chi connectivity index (χ3v) is 6.51. The number of H-pyrrole nitrogens is 1. The molecule has 0 spiro atoms. The molecule has 1 aliphatic heterocycles. The quantitative estimate of drug-likeness (QED) is 0.620. The molecule has 3 aromatic heterocycles. The number of fused-ring (bicyclic) bond motifs is 1. The number of carbonyl (C=O) groups is 1. The lowest BCUT2D eigenvalue weighted by Crippen LogP contribution is -2.51. The summed E-state index contributed by atoms with van der Waals surface area (Å²) in [6.45, 7) is 5.10. The van der Waals surface area contributed by atoms with Crippen molar-refractivity contribution in [3.63, 3.8) is 0 Å². The topological polar surface area (TPSA) is 94.2 Å². The van der Waals surface area contributed by atoms with Crippen molar-refractivity contribution in [3.05, 3.63) is 63.6 Å². The lowest BCUT2D eigenvalue weighted by atomic mass is 10.1. The zero-order valence-corrected chi connectivity index (χ0v) is 18.8. The third-order valence-electron chi connectivity index (χ3n) is 6.51. The number of nitrogens with one attached hydrogen (secondary N) is 2. The van der Waals surface area contributed by atoms with E-state index in [9.17, 15) is 14.0 Å². The van der Waals surface area contributed by atoms with Crippen LogP contribution in [-0.2, 0) is 6.54 Å². The Morgan fingerprint density at radius 3 is 2.73 bits per heavy atom. The summed E-state index contributed by atoms with van der Waals surface area (Å²) in [5, 5.41) is 2.40. The van der Waals surface area contributed by atoms with Crippen molar-refractivity contribution in [3.8, 4) is 0 Å². The first-order valence-electron chi connectivity index (χ1n) is 11.3. The number of nitrogens with zero attached hydrogens (tertiary/aromatic N) is 4. The molecule has 2 aliphatic rings. The maximum Gasteiger partial charge on any atom is 0.272 e. The molecule has 5 rings (SSSR count). The largest absolute Gasteiger partial charge is 0.365 e. The molecule has 9 heteroatoms. The van der Waals surface area contributed by atoms with Gasteiger partial charge in [0, 0.05) is 57.1 Å². The van der Waals surface area contributed by atoms with Crippen LogP contribution in [0, 0.1) is 5.82 Å². The Balaban J connectivity index is 1.27. The maximum absolute atomic E-state index is 14.4. The van der Waals surface area contributed by atoms with Crippen molar-refractivity contribution in [2.75, 3.05) is 31.6 Å². The van der Waals surface area contributed by atoms with Crippen molar-refractivity contribution < 1.29 is 9.18 Å². The summed E-state index contributed by atoms with van der Waals surface area (Å²) in [6.07, 6.45) is 5.60. The van der Waals surface area contributed by atoms with Gasteiger partial charge in [-0.1, -0.05) is 0 Å². The van der Waals surface area contributed by atoms with Crippen LogP contribution in [0.2, 0.25) is 0 Å². The van der Waals surface area contributed by atoms with E-state index in [-0.39, 0.29) is 17.3 Å². The first-order chi connectivity index (χ1) is 15.9. The Hall–Kier alpha value is -3.33. The van der Waals surface area contributed by atoms with Crippen molar-refractivity contribution in [2.45, 2.75) is 38.3 Å². The number of carbonyl (C=O) groups excluding carboxylic acids is 1. The second-order valence-electron chi connectivity index (χ2n) is 8.99. The van der Waals surface area contributed by atoms with Gasteiger partial charge in [0.1, 0.15) is 0 Å². The highest BCUT2D eigenvalue weighted by Gasteiger charge is 2.27. The second kappa shape index (κ2) is 8.55. The molecule has 3 aromatic rings. The maximum atomic E-state index is 14.4. The molecule has 0 radical (unpaired) electrons. The summed E-state index contributed by atoms with van der Waals surface area (Å²) in [5.41, 5.74) is 3.96. The summed E-state index contributed by atoms with van der Waals surface area (Å²) in [7, 11) is 1.45. The van der Waals surface area contributed by atoms with Gasteiger partial charge in [-0.2, -0.15) is 0 Å². The molecule has 4 heterocycles. The average molecular weight is 451 g/mol. The summed E-state index contributed by atoms with van der Waals surface area (Å²) < 4.78 is 14.4. The molecule has 1 saturated heterocycles. The fourth-order valence-electron chi connectivity index (χ4n) is 4.61. The lowest BCUT2D eigenvalue weighted by Gasteiger charge is -2.41. The van der Waals surface area contributed by atoms with E-state index in [1.165, 1.54) is 13.1 Å². The van der Waals surface area contributed by atoms with Crippen LogP contribution >= 0.6 is 0 Å². The fourth-order valence-corrected chi connectivity index (χ4v) is 4.61. The van der Waals surface area contributed by atoms with Crippen molar-refractivity contribution in [1.29, 1.82) is 0 Å². The molecule has 0 unspecified atom stereocenters. The van der Waals surface area contributed by atoms with Gasteiger partial charge in [-0.3, -0.25) is 19.5 Å². The SMILES string of the molecule is CNC(=O)c1ncc(N2CCN(Cc3cnc4cc(C5CC5)c(=O)[nH]c4c3)C[C@H]2C)cc1F. The van der Waals surface area contributed by atoms with Crippen LogP contribution in [0.3, 0.4) is 0 Å². The fraction of sp³-hybridized carbons (Fsp3) is 0.417. The molecule has 1 atom stereocenters. The minimum absolute atomic E-state index is 0.00513. The highest BCUT2D eigenvalue weighted by Crippen LogP contribution is 2.38. The Morgan fingerprint density at radius 1 is 1.21 bits per heavy atom. The van der Waals surface area contributed by atoms with Gasteiger partial charge in [0.15, 0.2) is 11.5 Å². The monoisotopic (exact) mass is 450 g/mol. The molecule has 2 N–H and O–H groups in total. The standard InChI is InChI=1S/C24H27FN6O2/c1-14-12-30(5-6-31(14)17-8-19(25)22(28-11-17)24(33)26-2)13-15-7-21-20(27-10-15)9-18(16-3-4-16)23(32)29-21/h7-11,14,16H,3-6,12-13H2,1-2H3,(H,26,33)(H,29,32)/t14-/m1/s1. The van der Waals surface area contributed by atoms with Gasteiger partial charge in [0.2, 0.25) is 0 Å². The first-order valence-corrected chi connectivity index (χ1v) is 11.3. The number of halogens is 1. The van der Waals surface area contributed by atoms with E-state index in [0.717, 1.165) is 54.6 Å². The summed E-state index contributed by atoms with van der Waals surface area (Å²) >= 11 is 0. The predicted octanol–water partition coefficient (Wildman–Crippen LogP) is 2.40. The molecule has 2 fully saturated rings. The number of piperazine rings is 1. The Bertz CT molecular complexity index is 1270. The van der Waals surface area contributed by atoms with Gasteiger partial charge in [0.25, 0.3) is 11.5 Å². The minimum Gasteiger partial charge on any atom is -0.365 e. The summed E-state index contributed by atoms with van der Waals surface area (Å²) in [4.78, 5) is 40.1. The molecular weight excluding hydrogens is 423 g/mol. The Labute approximate surface area is 190 Å². The highest BCUT2D eigenvalue weighted by molar-refractivity contribution is 5.92. The molecule has 0 bridgehead atoms. The number of hydrogen-bond acceptors (Lipinski definition) is 6.